The highest BCUT2D eigenvalue weighted by Gasteiger charge is 2.31. The molecule has 0 bridgehead atoms. The summed E-state index contributed by atoms with van der Waals surface area (Å²) in [5.74, 6) is 0.618. The quantitative estimate of drug-likeness (QED) is 0.749. The third-order valence-electron chi connectivity index (χ3n) is 3.60. The summed E-state index contributed by atoms with van der Waals surface area (Å²) in [4.78, 5) is 14.3. The summed E-state index contributed by atoms with van der Waals surface area (Å²) in [5.41, 5.74) is 5.96. The standard InChI is InChI=1S/C13H27N3O/c1-9(2)12(8-16(3)4)15-13(17)10-6-5-7-11(10)14/h9-12H,5-8,14H2,1-4H3,(H,15,17). The van der Waals surface area contributed by atoms with Crippen molar-refractivity contribution in [2.75, 3.05) is 20.6 Å². The van der Waals surface area contributed by atoms with Crippen molar-refractivity contribution in [2.45, 2.75) is 45.2 Å². The van der Waals surface area contributed by atoms with Gasteiger partial charge in [0.25, 0.3) is 0 Å². The van der Waals surface area contributed by atoms with Crippen LogP contribution in [0.25, 0.3) is 0 Å². The molecule has 3 N–H and O–H groups in total. The van der Waals surface area contributed by atoms with E-state index in [9.17, 15) is 4.79 Å². The molecule has 0 aliphatic heterocycles. The summed E-state index contributed by atoms with van der Waals surface area (Å²) in [5, 5.41) is 3.16. The summed E-state index contributed by atoms with van der Waals surface area (Å²) >= 11 is 0. The van der Waals surface area contributed by atoms with Gasteiger partial charge in [-0.15, -0.1) is 0 Å². The number of amides is 1. The highest BCUT2D eigenvalue weighted by atomic mass is 16.2. The smallest absolute Gasteiger partial charge is 0.224 e. The zero-order chi connectivity index (χ0) is 13.0. The Labute approximate surface area is 105 Å². The van der Waals surface area contributed by atoms with Crippen molar-refractivity contribution in [3.63, 3.8) is 0 Å². The second-order valence-electron chi connectivity index (χ2n) is 5.82. The van der Waals surface area contributed by atoms with E-state index in [4.69, 9.17) is 5.73 Å². The number of nitrogens with zero attached hydrogens (tertiary/aromatic N) is 1. The fourth-order valence-electron chi connectivity index (χ4n) is 2.42. The predicted molar refractivity (Wildman–Crippen MR) is 70.6 cm³/mol. The second-order valence-corrected chi connectivity index (χ2v) is 5.82. The van der Waals surface area contributed by atoms with Gasteiger partial charge in [0.15, 0.2) is 0 Å². The monoisotopic (exact) mass is 241 g/mol. The number of carbonyl (C=O) groups excluding carboxylic acids is 1. The van der Waals surface area contributed by atoms with Gasteiger partial charge in [-0.1, -0.05) is 20.3 Å². The molecule has 1 saturated carbocycles. The average molecular weight is 241 g/mol. The second kappa shape index (κ2) is 6.36. The van der Waals surface area contributed by atoms with E-state index in [0.29, 0.717) is 5.92 Å². The fraction of sp³-hybridized carbons (Fsp3) is 0.923. The maximum Gasteiger partial charge on any atom is 0.224 e. The Morgan fingerprint density at radius 1 is 1.41 bits per heavy atom. The molecule has 4 heteroatoms. The zero-order valence-electron chi connectivity index (χ0n) is 11.6. The fourth-order valence-corrected chi connectivity index (χ4v) is 2.42. The van der Waals surface area contributed by atoms with Crippen LogP contribution in [0.4, 0.5) is 0 Å². The molecule has 0 spiro atoms. The van der Waals surface area contributed by atoms with Gasteiger partial charge >= 0.3 is 0 Å². The molecule has 0 radical (unpaired) electrons. The first-order chi connectivity index (χ1) is 7.91. The highest BCUT2D eigenvalue weighted by Crippen LogP contribution is 2.24. The van der Waals surface area contributed by atoms with Crippen LogP contribution in [0, 0.1) is 11.8 Å². The molecule has 3 unspecified atom stereocenters. The Balaban J connectivity index is 2.51. The van der Waals surface area contributed by atoms with E-state index in [0.717, 1.165) is 25.8 Å². The predicted octanol–water partition coefficient (Wildman–Crippen LogP) is 0.816. The summed E-state index contributed by atoms with van der Waals surface area (Å²) in [6.07, 6.45) is 3.01. The Morgan fingerprint density at radius 3 is 2.47 bits per heavy atom. The molecule has 1 aliphatic rings. The van der Waals surface area contributed by atoms with Crippen LogP contribution in [-0.2, 0) is 4.79 Å². The van der Waals surface area contributed by atoms with E-state index in [2.05, 4.69) is 24.1 Å². The maximum absolute atomic E-state index is 12.1. The Hall–Kier alpha value is -0.610. The molecule has 4 nitrogen and oxygen atoms in total. The van der Waals surface area contributed by atoms with Crippen molar-refractivity contribution >= 4 is 5.91 Å². The van der Waals surface area contributed by atoms with Gasteiger partial charge < -0.3 is 16.0 Å². The normalized spacial score (nSPS) is 26.5. The molecule has 100 valence electrons. The number of hydrogen-bond acceptors (Lipinski definition) is 3. The number of nitrogens with two attached hydrogens (primary N) is 1. The lowest BCUT2D eigenvalue weighted by Gasteiger charge is -2.27. The molecule has 0 heterocycles. The molecule has 3 atom stereocenters. The molecule has 0 aromatic heterocycles. The highest BCUT2D eigenvalue weighted by molar-refractivity contribution is 5.80. The maximum atomic E-state index is 12.1. The molecule has 0 saturated heterocycles. The Kier molecular flexibility index (Phi) is 5.40. The number of rotatable bonds is 5. The lowest BCUT2D eigenvalue weighted by atomic mass is 9.99. The van der Waals surface area contributed by atoms with Gasteiger partial charge in [0.1, 0.15) is 0 Å². The minimum Gasteiger partial charge on any atom is -0.352 e. The van der Waals surface area contributed by atoms with E-state index >= 15 is 0 Å². The van der Waals surface area contributed by atoms with Crippen LogP contribution in [0.5, 0.6) is 0 Å². The molecule has 0 aromatic rings. The first-order valence-corrected chi connectivity index (χ1v) is 6.62. The third-order valence-corrected chi connectivity index (χ3v) is 3.60. The van der Waals surface area contributed by atoms with Gasteiger partial charge in [-0.3, -0.25) is 4.79 Å². The lowest BCUT2D eigenvalue weighted by Crippen LogP contribution is -2.49. The van der Waals surface area contributed by atoms with Crippen molar-refractivity contribution < 1.29 is 4.79 Å². The molecule has 1 rings (SSSR count). The summed E-state index contributed by atoms with van der Waals surface area (Å²) in [7, 11) is 4.06. The van der Waals surface area contributed by atoms with Gasteiger partial charge in [0.2, 0.25) is 5.91 Å². The van der Waals surface area contributed by atoms with Gasteiger partial charge in [-0.05, 0) is 32.9 Å². The number of likely N-dealkylation sites (N-methyl/N-ethyl adjacent to an activating group) is 1. The van der Waals surface area contributed by atoms with Crippen LogP contribution in [0.15, 0.2) is 0 Å². The van der Waals surface area contributed by atoms with E-state index in [1.807, 2.05) is 14.1 Å². The van der Waals surface area contributed by atoms with Crippen molar-refractivity contribution in [2.24, 2.45) is 17.6 Å². The number of hydrogen-bond donors (Lipinski definition) is 2. The molecule has 17 heavy (non-hydrogen) atoms. The van der Waals surface area contributed by atoms with Gasteiger partial charge in [0.05, 0.1) is 5.92 Å². The van der Waals surface area contributed by atoms with E-state index < -0.39 is 0 Å². The zero-order valence-corrected chi connectivity index (χ0v) is 11.6. The van der Waals surface area contributed by atoms with Crippen LogP contribution in [0.3, 0.4) is 0 Å². The summed E-state index contributed by atoms with van der Waals surface area (Å²) in [6, 6.07) is 0.271. The molecular weight excluding hydrogens is 214 g/mol. The van der Waals surface area contributed by atoms with Crippen LogP contribution < -0.4 is 11.1 Å². The largest absolute Gasteiger partial charge is 0.352 e. The first kappa shape index (κ1) is 14.5. The SMILES string of the molecule is CC(C)C(CN(C)C)NC(=O)C1CCCC1N. The van der Waals surface area contributed by atoms with Crippen LogP contribution >= 0.6 is 0 Å². The van der Waals surface area contributed by atoms with Crippen molar-refractivity contribution in [3.05, 3.63) is 0 Å². The van der Waals surface area contributed by atoms with Crippen molar-refractivity contribution in [1.82, 2.24) is 10.2 Å². The van der Waals surface area contributed by atoms with Crippen LogP contribution in [0.1, 0.15) is 33.1 Å². The summed E-state index contributed by atoms with van der Waals surface area (Å²) in [6.45, 7) is 5.16. The summed E-state index contributed by atoms with van der Waals surface area (Å²) < 4.78 is 0. The number of carbonyl (C=O) groups is 1. The molecule has 0 aromatic carbocycles. The van der Waals surface area contributed by atoms with Crippen molar-refractivity contribution in [3.8, 4) is 0 Å². The van der Waals surface area contributed by atoms with Gasteiger partial charge in [0, 0.05) is 18.6 Å². The first-order valence-electron chi connectivity index (χ1n) is 6.62. The van der Waals surface area contributed by atoms with E-state index in [1.54, 1.807) is 0 Å². The molecule has 1 amide bonds. The Bertz CT molecular complexity index is 253. The van der Waals surface area contributed by atoms with E-state index in [-0.39, 0.29) is 23.9 Å². The Morgan fingerprint density at radius 2 is 2.06 bits per heavy atom. The third kappa shape index (κ3) is 4.28. The topological polar surface area (TPSA) is 58.4 Å². The van der Waals surface area contributed by atoms with Crippen molar-refractivity contribution in [1.29, 1.82) is 0 Å². The number of nitrogens with one attached hydrogen (secondary N) is 1. The lowest BCUT2D eigenvalue weighted by molar-refractivity contribution is -0.126. The average Bonchev–Trinajstić information content (AvgIpc) is 2.62. The minimum atomic E-state index is 0.0263. The molecular formula is C13H27N3O. The van der Waals surface area contributed by atoms with Crippen LogP contribution in [-0.4, -0.2) is 43.5 Å². The minimum absolute atomic E-state index is 0.0263. The molecule has 1 fully saturated rings. The van der Waals surface area contributed by atoms with E-state index in [1.165, 1.54) is 0 Å². The van der Waals surface area contributed by atoms with Crippen LogP contribution in [0.2, 0.25) is 0 Å². The molecule has 1 aliphatic carbocycles. The van der Waals surface area contributed by atoms with Gasteiger partial charge in [-0.2, -0.15) is 0 Å². The van der Waals surface area contributed by atoms with Gasteiger partial charge in [-0.25, -0.2) is 0 Å².